The van der Waals surface area contributed by atoms with Crippen LogP contribution in [0.25, 0.3) is 0 Å². The standard InChI is InChI=1S/C12H12N2S/c1-8-6-12-10(14-8)7-13-9-4-2-3-5-11(9)15-12/h2-6,13-14H,7H2,1H3. The van der Waals surface area contributed by atoms with Crippen molar-refractivity contribution < 1.29 is 0 Å². The highest BCUT2D eigenvalue weighted by molar-refractivity contribution is 7.99. The topological polar surface area (TPSA) is 27.8 Å². The van der Waals surface area contributed by atoms with Gasteiger partial charge in [0, 0.05) is 26.9 Å². The fourth-order valence-electron chi connectivity index (χ4n) is 1.85. The molecule has 0 fully saturated rings. The van der Waals surface area contributed by atoms with Gasteiger partial charge in [0.1, 0.15) is 0 Å². The highest BCUT2D eigenvalue weighted by Gasteiger charge is 2.14. The predicted molar refractivity (Wildman–Crippen MR) is 63.4 cm³/mol. The summed E-state index contributed by atoms with van der Waals surface area (Å²) >= 11 is 1.83. The van der Waals surface area contributed by atoms with Gasteiger partial charge in [-0.1, -0.05) is 23.9 Å². The van der Waals surface area contributed by atoms with Crippen LogP contribution in [-0.4, -0.2) is 4.98 Å². The van der Waals surface area contributed by atoms with Crippen molar-refractivity contribution in [1.82, 2.24) is 4.98 Å². The van der Waals surface area contributed by atoms with Gasteiger partial charge in [-0.25, -0.2) is 0 Å². The van der Waals surface area contributed by atoms with Crippen LogP contribution in [0.5, 0.6) is 0 Å². The quantitative estimate of drug-likeness (QED) is 0.706. The van der Waals surface area contributed by atoms with E-state index in [4.69, 9.17) is 0 Å². The van der Waals surface area contributed by atoms with Crippen LogP contribution in [0.4, 0.5) is 5.69 Å². The van der Waals surface area contributed by atoms with Crippen molar-refractivity contribution in [2.75, 3.05) is 5.32 Å². The predicted octanol–water partition coefficient (Wildman–Crippen LogP) is 3.40. The number of aryl methyl sites for hydroxylation is 1. The SMILES string of the molecule is Cc1cc2c([nH]1)CNc1ccccc1S2. The highest BCUT2D eigenvalue weighted by Crippen LogP contribution is 2.38. The molecule has 2 nitrogen and oxygen atoms in total. The number of fused-ring (bicyclic) bond motifs is 2. The zero-order valence-corrected chi connectivity index (χ0v) is 9.32. The number of benzene rings is 1. The smallest absolute Gasteiger partial charge is 0.0563 e. The third-order valence-corrected chi connectivity index (χ3v) is 3.72. The number of anilines is 1. The molecule has 0 unspecified atom stereocenters. The maximum atomic E-state index is 3.44. The molecule has 1 aromatic carbocycles. The second kappa shape index (κ2) is 3.35. The van der Waals surface area contributed by atoms with Crippen LogP contribution in [0.15, 0.2) is 40.1 Å². The van der Waals surface area contributed by atoms with Crippen molar-refractivity contribution in [1.29, 1.82) is 0 Å². The van der Waals surface area contributed by atoms with Crippen LogP contribution < -0.4 is 5.32 Å². The molecule has 15 heavy (non-hydrogen) atoms. The molecule has 1 aliphatic heterocycles. The first-order valence-corrected chi connectivity index (χ1v) is 5.84. The van der Waals surface area contributed by atoms with Gasteiger partial charge in [-0.05, 0) is 25.1 Å². The first kappa shape index (κ1) is 8.92. The number of nitrogens with one attached hydrogen (secondary N) is 2. The molecule has 0 saturated carbocycles. The average molecular weight is 216 g/mol. The number of aromatic amines is 1. The van der Waals surface area contributed by atoms with Crippen molar-refractivity contribution >= 4 is 17.4 Å². The Morgan fingerprint density at radius 3 is 3.00 bits per heavy atom. The molecule has 0 spiro atoms. The van der Waals surface area contributed by atoms with E-state index >= 15 is 0 Å². The van der Waals surface area contributed by atoms with Crippen molar-refractivity contribution in [3.05, 3.63) is 41.7 Å². The Bertz CT molecular complexity index is 502. The van der Waals surface area contributed by atoms with Gasteiger partial charge in [-0.2, -0.15) is 0 Å². The van der Waals surface area contributed by atoms with E-state index in [-0.39, 0.29) is 0 Å². The van der Waals surface area contributed by atoms with E-state index in [1.807, 2.05) is 11.8 Å². The van der Waals surface area contributed by atoms with Gasteiger partial charge >= 0.3 is 0 Å². The Hall–Kier alpha value is -1.35. The number of para-hydroxylation sites is 1. The maximum absolute atomic E-state index is 3.44. The molecule has 0 atom stereocenters. The van der Waals surface area contributed by atoms with Crippen LogP contribution in [0.2, 0.25) is 0 Å². The molecule has 0 aliphatic carbocycles. The third-order valence-electron chi connectivity index (χ3n) is 2.56. The van der Waals surface area contributed by atoms with Crippen molar-refractivity contribution in [3.8, 4) is 0 Å². The Kier molecular flexibility index (Phi) is 1.99. The van der Waals surface area contributed by atoms with Crippen molar-refractivity contribution in [3.63, 3.8) is 0 Å². The summed E-state index contributed by atoms with van der Waals surface area (Å²) in [6, 6.07) is 10.6. The number of hydrogen-bond donors (Lipinski definition) is 2. The van der Waals surface area contributed by atoms with Crippen LogP contribution >= 0.6 is 11.8 Å². The molecule has 76 valence electrons. The summed E-state index contributed by atoms with van der Waals surface area (Å²) in [5.41, 5.74) is 3.74. The lowest BCUT2D eigenvalue weighted by Crippen LogP contribution is -1.98. The fraction of sp³-hybridized carbons (Fsp3) is 0.167. The lowest BCUT2D eigenvalue weighted by atomic mass is 10.3. The minimum Gasteiger partial charge on any atom is -0.379 e. The molecule has 2 N–H and O–H groups in total. The third kappa shape index (κ3) is 1.53. The number of H-pyrrole nitrogens is 1. The van der Waals surface area contributed by atoms with E-state index < -0.39 is 0 Å². The fourth-order valence-corrected chi connectivity index (χ4v) is 2.96. The van der Waals surface area contributed by atoms with E-state index in [2.05, 4.69) is 47.6 Å². The zero-order valence-electron chi connectivity index (χ0n) is 8.50. The Balaban J connectivity index is 2.08. The second-order valence-corrected chi connectivity index (χ2v) is 4.83. The molecule has 1 aromatic heterocycles. The molecule has 0 bridgehead atoms. The number of hydrogen-bond acceptors (Lipinski definition) is 2. The summed E-state index contributed by atoms with van der Waals surface area (Å²) in [5, 5.41) is 3.44. The normalized spacial score (nSPS) is 13.7. The lowest BCUT2D eigenvalue weighted by Gasteiger charge is -2.05. The number of aromatic nitrogens is 1. The second-order valence-electron chi connectivity index (χ2n) is 3.75. The van der Waals surface area contributed by atoms with Crippen LogP contribution in [0.3, 0.4) is 0 Å². The summed E-state index contributed by atoms with van der Waals surface area (Å²) in [7, 11) is 0. The molecule has 0 amide bonds. The van der Waals surface area contributed by atoms with Gasteiger partial charge in [-0.3, -0.25) is 0 Å². The number of rotatable bonds is 0. The van der Waals surface area contributed by atoms with Gasteiger partial charge in [0.2, 0.25) is 0 Å². The van der Waals surface area contributed by atoms with E-state index in [0.717, 1.165) is 6.54 Å². The van der Waals surface area contributed by atoms with Gasteiger partial charge in [0.05, 0.1) is 6.54 Å². The summed E-state index contributed by atoms with van der Waals surface area (Å²) in [5.74, 6) is 0. The van der Waals surface area contributed by atoms with Crippen LogP contribution in [-0.2, 0) is 6.54 Å². The Morgan fingerprint density at radius 1 is 1.20 bits per heavy atom. The maximum Gasteiger partial charge on any atom is 0.0563 e. The largest absolute Gasteiger partial charge is 0.379 e. The summed E-state index contributed by atoms with van der Waals surface area (Å²) in [6.07, 6.45) is 0. The summed E-state index contributed by atoms with van der Waals surface area (Å²) in [6.45, 7) is 2.98. The molecular weight excluding hydrogens is 204 g/mol. The lowest BCUT2D eigenvalue weighted by molar-refractivity contribution is 1.02. The van der Waals surface area contributed by atoms with Crippen LogP contribution in [0, 0.1) is 6.92 Å². The van der Waals surface area contributed by atoms with E-state index in [1.165, 1.54) is 26.9 Å². The van der Waals surface area contributed by atoms with Crippen LogP contribution in [0.1, 0.15) is 11.4 Å². The average Bonchev–Trinajstić information content (AvgIpc) is 2.49. The van der Waals surface area contributed by atoms with Gasteiger partial charge in [0.15, 0.2) is 0 Å². The Labute approximate surface area is 93.1 Å². The van der Waals surface area contributed by atoms with Gasteiger partial charge in [-0.15, -0.1) is 0 Å². The minimum atomic E-state index is 0.882. The summed E-state index contributed by atoms with van der Waals surface area (Å²) in [4.78, 5) is 6.03. The molecule has 0 saturated heterocycles. The first-order chi connectivity index (χ1) is 7.33. The summed E-state index contributed by atoms with van der Waals surface area (Å²) < 4.78 is 0. The minimum absolute atomic E-state index is 0.882. The molecule has 2 heterocycles. The monoisotopic (exact) mass is 216 g/mol. The molecule has 1 aliphatic rings. The molecule has 2 aromatic rings. The molecule has 0 radical (unpaired) electrons. The molecular formula is C12H12N2S. The highest BCUT2D eigenvalue weighted by atomic mass is 32.2. The van der Waals surface area contributed by atoms with E-state index in [0.29, 0.717) is 0 Å². The molecule has 3 rings (SSSR count). The van der Waals surface area contributed by atoms with E-state index in [1.54, 1.807) is 0 Å². The molecule has 3 heteroatoms. The van der Waals surface area contributed by atoms with Gasteiger partial charge in [0.25, 0.3) is 0 Å². The Morgan fingerprint density at radius 2 is 2.07 bits per heavy atom. The van der Waals surface area contributed by atoms with E-state index in [9.17, 15) is 0 Å². The zero-order chi connectivity index (χ0) is 10.3. The van der Waals surface area contributed by atoms with Gasteiger partial charge < -0.3 is 10.3 Å². The van der Waals surface area contributed by atoms with Crippen molar-refractivity contribution in [2.45, 2.75) is 23.3 Å². The van der Waals surface area contributed by atoms with Crippen molar-refractivity contribution in [2.24, 2.45) is 0 Å². The first-order valence-electron chi connectivity index (χ1n) is 5.02.